The number of anilines is 1. The molecule has 0 aromatic heterocycles. The average molecular weight is 403 g/mol. The monoisotopic (exact) mass is 402 g/mol. The first-order chi connectivity index (χ1) is 13.4. The molecule has 0 radical (unpaired) electrons. The van der Waals surface area contributed by atoms with Crippen molar-refractivity contribution in [3.8, 4) is 0 Å². The Morgan fingerprint density at radius 3 is 2.54 bits per heavy atom. The smallest absolute Gasteiger partial charge is 0.242 e. The Bertz CT molecular complexity index is 968. The van der Waals surface area contributed by atoms with Gasteiger partial charge in [0, 0.05) is 19.2 Å². The van der Waals surface area contributed by atoms with Gasteiger partial charge in [-0.3, -0.25) is 4.79 Å². The average Bonchev–Trinajstić information content (AvgIpc) is 3.07. The third-order valence-corrected chi connectivity index (χ3v) is 7.88. The number of piperazine rings is 1. The standard InChI is InChI=1S/C21H27N3O3S/c1-22(19-7-6-17-4-2-3-5-18(17)14-19)15-21(25)24-11-9-23(10-12-24)20-8-13-28(26,27)16-20/h2-7,14,20H,8-13,15-16H2,1H3/p+1/t20-/m1/s1. The number of likely N-dealkylation sites (N-methyl/N-ethyl adjacent to an activating group) is 1. The molecule has 28 heavy (non-hydrogen) atoms. The maximum atomic E-state index is 12.8. The molecule has 2 aromatic rings. The lowest BCUT2D eigenvalue weighted by molar-refractivity contribution is -0.925. The van der Waals surface area contributed by atoms with Crippen LogP contribution < -0.4 is 9.80 Å². The van der Waals surface area contributed by atoms with E-state index in [9.17, 15) is 13.2 Å². The van der Waals surface area contributed by atoms with E-state index in [1.807, 2.05) is 29.0 Å². The molecule has 2 saturated heterocycles. The van der Waals surface area contributed by atoms with Crippen LogP contribution in [0.15, 0.2) is 42.5 Å². The second-order valence-corrected chi connectivity index (χ2v) is 10.3. The number of carbonyl (C=O) groups excluding carboxylic acids is 1. The normalized spacial score (nSPS) is 22.5. The number of carbonyl (C=O) groups is 1. The summed E-state index contributed by atoms with van der Waals surface area (Å²) in [7, 11) is -0.894. The van der Waals surface area contributed by atoms with Gasteiger partial charge in [-0.05, 0) is 22.9 Å². The number of nitrogens with zero attached hydrogens (tertiary/aromatic N) is 2. The van der Waals surface area contributed by atoms with Gasteiger partial charge in [0.25, 0.3) is 0 Å². The molecule has 0 unspecified atom stereocenters. The van der Waals surface area contributed by atoms with Crippen molar-refractivity contribution < 1.29 is 18.1 Å². The molecular formula is C21H28N3O3S+. The molecule has 150 valence electrons. The fourth-order valence-corrected chi connectivity index (χ4v) is 6.20. The molecule has 0 saturated carbocycles. The summed E-state index contributed by atoms with van der Waals surface area (Å²) in [5.41, 5.74) is 1.03. The van der Waals surface area contributed by atoms with Gasteiger partial charge in [0.05, 0.1) is 38.5 Å². The van der Waals surface area contributed by atoms with E-state index in [2.05, 4.69) is 30.3 Å². The van der Waals surface area contributed by atoms with Crippen LogP contribution in [0, 0.1) is 0 Å². The number of rotatable bonds is 4. The van der Waals surface area contributed by atoms with E-state index >= 15 is 0 Å². The van der Waals surface area contributed by atoms with Crippen LogP contribution in [-0.4, -0.2) is 76.5 Å². The maximum Gasteiger partial charge on any atom is 0.242 e. The molecule has 2 aromatic carbocycles. The van der Waals surface area contributed by atoms with Crippen LogP contribution in [0.1, 0.15) is 6.42 Å². The Labute approximate surface area is 166 Å². The molecule has 2 aliphatic rings. The predicted octanol–water partition coefficient (Wildman–Crippen LogP) is 0.190. The molecule has 0 aliphatic carbocycles. The molecule has 7 heteroatoms. The van der Waals surface area contributed by atoms with E-state index in [4.69, 9.17) is 0 Å². The van der Waals surface area contributed by atoms with Crippen LogP contribution in [0.4, 0.5) is 5.69 Å². The molecule has 1 atom stereocenters. The predicted molar refractivity (Wildman–Crippen MR) is 112 cm³/mol. The van der Waals surface area contributed by atoms with Crippen molar-refractivity contribution in [2.24, 2.45) is 0 Å². The summed E-state index contributed by atoms with van der Waals surface area (Å²) in [4.78, 5) is 18.0. The van der Waals surface area contributed by atoms with Gasteiger partial charge in [0.15, 0.2) is 9.84 Å². The van der Waals surface area contributed by atoms with Gasteiger partial charge >= 0.3 is 0 Å². The van der Waals surface area contributed by atoms with Crippen molar-refractivity contribution in [3.05, 3.63) is 42.5 Å². The minimum absolute atomic E-state index is 0.133. The number of quaternary nitrogens is 1. The van der Waals surface area contributed by atoms with Gasteiger partial charge in [-0.15, -0.1) is 0 Å². The molecule has 1 N–H and O–H groups in total. The Kier molecular flexibility index (Phi) is 5.29. The summed E-state index contributed by atoms with van der Waals surface area (Å²) in [6, 6.07) is 14.7. The van der Waals surface area contributed by atoms with E-state index in [1.54, 1.807) is 0 Å². The number of fused-ring (bicyclic) bond motifs is 1. The van der Waals surface area contributed by atoms with Crippen molar-refractivity contribution in [3.63, 3.8) is 0 Å². The molecule has 2 heterocycles. The SMILES string of the molecule is CN(CC(=O)N1CC[NH+]([C@@H]2CCS(=O)(=O)C2)CC1)c1ccc2ccccc2c1. The van der Waals surface area contributed by atoms with Crippen LogP contribution in [0.3, 0.4) is 0 Å². The van der Waals surface area contributed by atoms with Crippen LogP contribution in [0.25, 0.3) is 10.8 Å². The Morgan fingerprint density at radius 2 is 1.86 bits per heavy atom. The Hall–Kier alpha value is -2.12. The first-order valence-electron chi connectivity index (χ1n) is 9.94. The first-order valence-corrected chi connectivity index (χ1v) is 11.8. The number of hydrogen-bond acceptors (Lipinski definition) is 4. The fraction of sp³-hybridized carbons (Fsp3) is 0.476. The van der Waals surface area contributed by atoms with Gasteiger partial charge in [0.2, 0.25) is 5.91 Å². The number of amides is 1. The molecule has 2 aliphatic heterocycles. The molecule has 1 amide bonds. The van der Waals surface area contributed by atoms with E-state index < -0.39 is 9.84 Å². The van der Waals surface area contributed by atoms with Gasteiger partial charge in [-0.25, -0.2) is 8.42 Å². The molecule has 6 nitrogen and oxygen atoms in total. The minimum atomic E-state index is -2.84. The van der Waals surface area contributed by atoms with Crippen LogP contribution in [0.2, 0.25) is 0 Å². The highest BCUT2D eigenvalue weighted by molar-refractivity contribution is 7.91. The van der Waals surface area contributed by atoms with Crippen LogP contribution in [0.5, 0.6) is 0 Å². The lowest BCUT2D eigenvalue weighted by Gasteiger charge is -2.35. The van der Waals surface area contributed by atoms with Crippen molar-refractivity contribution in [2.45, 2.75) is 12.5 Å². The minimum Gasteiger partial charge on any atom is -0.365 e. The van der Waals surface area contributed by atoms with Crippen LogP contribution in [-0.2, 0) is 14.6 Å². The third-order valence-electron chi connectivity index (χ3n) is 6.11. The number of hydrogen-bond donors (Lipinski definition) is 1. The van der Waals surface area contributed by atoms with E-state index in [0.29, 0.717) is 31.1 Å². The lowest BCUT2D eigenvalue weighted by atomic mass is 10.1. The number of benzene rings is 2. The summed E-state index contributed by atoms with van der Waals surface area (Å²) in [5.74, 6) is 0.759. The third kappa shape index (κ3) is 4.15. The van der Waals surface area contributed by atoms with Crippen molar-refractivity contribution in [1.82, 2.24) is 4.90 Å². The fourth-order valence-electron chi connectivity index (χ4n) is 4.38. The highest BCUT2D eigenvalue weighted by atomic mass is 32.2. The summed E-state index contributed by atoms with van der Waals surface area (Å²) in [5, 5.41) is 2.36. The van der Waals surface area contributed by atoms with Crippen molar-refractivity contribution in [1.29, 1.82) is 0 Å². The van der Waals surface area contributed by atoms with Gasteiger partial charge in [0.1, 0.15) is 11.8 Å². The summed E-state index contributed by atoms with van der Waals surface area (Å²) in [6.07, 6.45) is 0.760. The maximum absolute atomic E-state index is 12.8. The molecule has 0 spiro atoms. The van der Waals surface area contributed by atoms with Gasteiger partial charge < -0.3 is 14.7 Å². The van der Waals surface area contributed by atoms with E-state index in [1.165, 1.54) is 15.7 Å². The number of nitrogens with one attached hydrogen (secondary N) is 1. The first kappa shape index (κ1) is 19.2. The molecule has 0 bridgehead atoms. The highest BCUT2D eigenvalue weighted by Crippen LogP contribution is 2.21. The molecule has 2 fully saturated rings. The second-order valence-electron chi connectivity index (χ2n) is 8.03. The lowest BCUT2D eigenvalue weighted by Crippen LogP contribution is -3.18. The Balaban J connectivity index is 1.32. The summed E-state index contributed by atoms with van der Waals surface area (Å²) in [6.45, 7) is 3.44. The van der Waals surface area contributed by atoms with E-state index in [0.717, 1.165) is 25.2 Å². The zero-order valence-electron chi connectivity index (χ0n) is 16.3. The Morgan fingerprint density at radius 1 is 1.14 bits per heavy atom. The molecule has 4 rings (SSSR count). The number of sulfone groups is 1. The van der Waals surface area contributed by atoms with Crippen molar-refractivity contribution >= 4 is 32.2 Å². The zero-order valence-corrected chi connectivity index (χ0v) is 17.1. The van der Waals surface area contributed by atoms with E-state index in [-0.39, 0.29) is 11.9 Å². The van der Waals surface area contributed by atoms with Crippen LogP contribution >= 0.6 is 0 Å². The second kappa shape index (κ2) is 7.72. The largest absolute Gasteiger partial charge is 0.365 e. The summed E-state index contributed by atoms with van der Waals surface area (Å²) < 4.78 is 23.4. The quantitative estimate of drug-likeness (QED) is 0.793. The highest BCUT2D eigenvalue weighted by Gasteiger charge is 2.37. The van der Waals surface area contributed by atoms with Gasteiger partial charge in [-0.2, -0.15) is 0 Å². The molecular weight excluding hydrogens is 374 g/mol. The topological polar surface area (TPSA) is 62.1 Å². The summed E-state index contributed by atoms with van der Waals surface area (Å²) >= 11 is 0. The van der Waals surface area contributed by atoms with Gasteiger partial charge in [-0.1, -0.05) is 30.3 Å². The zero-order chi connectivity index (χ0) is 19.7. The van der Waals surface area contributed by atoms with Crippen molar-refractivity contribution in [2.75, 3.05) is 56.2 Å².